The van der Waals surface area contributed by atoms with E-state index in [0.717, 1.165) is 12.6 Å². The van der Waals surface area contributed by atoms with Crippen molar-refractivity contribution in [3.05, 3.63) is 11.1 Å². The van der Waals surface area contributed by atoms with Gasteiger partial charge in [-0.2, -0.15) is 0 Å². The van der Waals surface area contributed by atoms with Gasteiger partial charge < -0.3 is 10.2 Å². The zero-order chi connectivity index (χ0) is 12.2. The number of aromatic nitrogens is 1. The van der Waals surface area contributed by atoms with Crippen LogP contribution in [-0.4, -0.2) is 24.1 Å². The number of rotatable bonds is 4. The molecule has 1 N–H and O–H groups in total. The third-order valence-corrected chi connectivity index (χ3v) is 4.87. The summed E-state index contributed by atoms with van der Waals surface area (Å²) in [7, 11) is 0. The molecule has 2 aliphatic rings. The van der Waals surface area contributed by atoms with E-state index in [0.29, 0.717) is 0 Å². The third kappa shape index (κ3) is 3.45. The number of hydrogen-bond donors (Lipinski definition) is 1. The molecule has 0 aromatic carbocycles. The quantitative estimate of drug-likeness (QED) is 0.906. The number of nitrogens with one attached hydrogen (secondary N) is 1. The molecule has 2 heterocycles. The average molecular weight is 265 g/mol. The Morgan fingerprint density at radius 2 is 1.89 bits per heavy atom. The number of anilines is 1. The van der Waals surface area contributed by atoms with Crippen LogP contribution in [0.15, 0.2) is 6.20 Å². The molecule has 0 unspecified atom stereocenters. The molecule has 1 aromatic rings. The first-order chi connectivity index (χ1) is 8.92. The first-order valence-electron chi connectivity index (χ1n) is 7.35. The standard InChI is InChI=1S/C14H23N3S/c1-2-4-8-17(9-5-3-1)14-16-11-13(18-14)10-15-12-6-7-12/h11-12,15H,1-10H2. The Morgan fingerprint density at radius 1 is 1.17 bits per heavy atom. The maximum Gasteiger partial charge on any atom is 0.185 e. The molecule has 1 saturated carbocycles. The van der Waals surface area contributed by atoms with E-state index in [9.17, 15) is 0 Å². The molecule has 2 fully saturated rings. The summed E-state index contributed by atoms with van der Waals surface area (Å²) in [5.41, 5.74) is 0. The van der Waals surface area contributed by atoms with Crippen LogP contribution in [0.1, 0.15) is 49.8 Å². The van der Waals surface area contributed by atoms with E-state index < -0.39 is 0 Å². The van der Waals surface area contributed by atoms with E-state index in [1.165, 1.54) is 68.0 Å². The van der Waals surface area contributed by atoms with E-state index in [1.807, 2.05) is 11.3 Å². The van der Waals surface area contributed by atoms with Crippen molar-refractivity contribution in [3.63, 3.8) is 0 Å². The molecule has 3 nitrogen and oxygen atoms in total. The van der Waals surface area contributed by atoms with Crippen molar-refractivity contribution in [2.45, 2.75) is 57.5 Å². The monoisotopic (exact) mass is 265 g/mol. The normalized spacial score (nSPS) is 21.7. The Morgan fingerprint density at radius 3 is 2.61 bits per heavy atom. The predicted molar refractivity (Wildman–Crippen MR) is 77.3 cm³/mol. The molecule has 4 heteroatoms. The van der Waals surface area contributed by atoms with Gasteiger partial charge in [-0.25, -0.2) is 4.98 Å². The molecule has 0 amide bonds. The Bertz CT molecular complexity index is 365. The summed E-state index contributed by atoms with van der Waals surface area (Å²) >= 11 is 1.88. The van der Waals surface area contributed by atoms with Crippen LogP contribution in [0.3, 0.4) is 0 Å². The summed E-state index contributed by atoms with van der Waals surface area (Å²) in [6.07, 6.45) is 11.6. The van der Waals surface area contributed by atoms with Crippen LogP contribution in [0.4, 0.5) is 5.13 Å². The van der Waals surface area contributed by atoms with Gasteiger partial charge in [-0.1, -0.05) is 19.3 Å². The largest absolute Gasteiger partial charge is 0.348 e. The van der Waals surface area contributed by atoms with Crippen molar-refractivity contribution in [2.24, 2.45) is 0 Å². The van der Waals surface area contributed by atoms with E-state index in [-0.39, 0.29) is 0 Å². The second kappa shape index (κ2) is 6.02. The van der Waals surface area contributed by atoms with Gasteiger partial charge in [-0.05, 0) is 25.7 Å². The average Bonchev–Trinajstić information content (AvgIpc) is 3.05. The molecule has 0 radical (unpaired) electrons. The molecule has 0 bridgehead atoms. The van der Waals surface area contributed by atoms with Crippen molar-refractivity contribution in [2.75, 3.05) is 18.0 Å². The van der Waals surface area contributed by atoms with Crippen molar-refractivity contribution < 1.29 is 0 Å². The molecule has 1 saturated heterocycles. The fraction of sp³-hybridized carbons (Fsp3) is 0.786. The Hall–Kier alpha value is -0.610. The highest BCUT2D eigenvalue weighted by molar-refractivity contribution is 7.15. The second-order valence-electron chi connectivity index (χ2n) is 5.52. The molecule has 0 atom stereocenters. The van der Waals surface area contributed by atoms with Crippen molar-refractivity contribution >= 4 is 16.5 Å². The van der Waals surface area contributed by atoms with Gasteiger partial charge in [-0.3, -0.25) is 0 Å². The molecule has 0 spiro atoms. The lowest BCUT2D eigenvalue weighted by Gasteiger charge is -2.23. The lowest BCUT2D eigenvalue weighted by Crippen LogP contribution is -2.26. The van der Waals surface area contributed by atoms with Crippen LogP contribution in [0.5, 0.6) is 0 Å². The fourth-order valence-electron chi connectivity index (χ4n) is 2.50. The number of nitrogens with zero attached hydrogens (tertiary/aromatic N) is 2. The molecule has 3 rings (SSSR count). The fourth-order valence-corrected chi connectivity index (χ4v) is 3.41. The minimum absolute atomic E-state index is 0.789. The summed E-state index contributed by atoms with van der Waals surface area (Å²) in [5.74, 6) is 0. The molecule has 1 aliphatic heterocycles. The molecule has 18 heavy (non-hydrogen) atoms. The molecule has 100 valence electrons. The number of hydrogen-bond acceptors (Lipinski definition) is 4. The van der Waals surface area contributed by atoms with Crippen LogP contribution >= 0.6 is 11.3 Å². The summed E-state index contributed by atoms with van der Waals surface area (Å²) in [6, 6.07) is 0.789. The Labute approximate surface area is 114 Å². The Kier molecular flexibility index (Phi) is 4.16. The molecular formula is C14H23N3S. The first kappa shape index (κ1) is 12.4. The van der Waals surface area contributed by atoms with Gasteiger partial charge in [0.1, 0.15) is 0 Å². The van der Waals surface area contributed by atoms with Crippen LogP contribution in [0, 0.1) is 0 Å². The number of thiazole rings is 1. The highest BCUT2D eigenvalue weighted by Crippen LogP contribution is 2.26. The second-order valence-corrected chi connectivity index (χ2v) is 6.61. The smallest absolute Gasteiger partial charge is 0.185 e. The van der Waals surface area contributed by atoms with Crippen LogP contribution in [0.2, 0.25) is 0 Å². The summed E-state index contributed by atoms with van der Waals surface area (Å²) in [5, 5.41) is 4.80. The topological polar surface area (TPSA) is 28.2 Å². The van der Waals surface area contributed by atoms with Crippen molar-refractivity contribution in [1.29, 1.82) is 0 Å². The van der Waals surface area contributed by atoms with Crippen molar-refractivity contribution in [1.82, 2.24) is 10.3 Å². The van der Waals surface area contributed by atoms with E-state index in [2.05, 4.69) is 21.4 Å². The lowest BCUT2D eigenvalue weighted by molar-refractivity contribution is 0.556. The van der Waals surface area contributed by atoms with Gasteiger partial charge >= 0.3 is 0 Å². The molecule has 1 aromatic heterocycles. The van der Waals surface area contributed by atoms with Gasteiger partial charge in [0.25, 0.3) is 0 Å². The highest BCUT2D eigenvalue weighted by Gasteiger charge is 2.20. The lowest BCUT2D eigenvalue weighted by atomic mass is 10.1. The minimum Gasteiger partial charge on any atom is -0.348 e. The minimum atomic E-state index is 0.789. The molecule has 1 aliphatic carbocycles. The summed E-state index contributed by atoms with van der Waals surface area (Å²) < 4.78 is 0. The first-order valence-corrected chi connectivity index (χ1v) is 8.16. The zero-order valence-corrected chi connectivity index (χ0v) is 11.8. The van der Waals surface area contributed by atoms with Crippen molar-refractivity contribution in [3.8, 4) is 0 Å². The van der Waals surface area contributed by atoms with E-state index in [1.54, 1.807) is 0 Å². The maximum absolute atomic E-state index is 4.61. The summed E-state index contributed by atoms with van der Waals surface area (Å²) in [4.78, 5) is 8.49. The van der Waals surface area contributed by atoms with Gasteiger partial charge in [0.05, 0.1) is 0 Å². The van der Waals surface area contributed by atoms with Gasteiger partial charge in [0.15, 0.2) is 5.13 Å². The summed E-state index contributed by atoms with van der Waals surface area (Å²) in [6.45, 7) is 3.40. The van der Waals surface area contributed by atoms with E-state index >= 15 is 0 Å². The highest BCUT2D eigenvalue weighted by atomic mass is 32.1. The van der Waals surface area contributed by atoms with Crippen LogP contribution in [0.25, 0.3) is 0 Å². The third-order valence-electron chi connectivity index (χ3n) is 3.81. The maximum atomic E-state index is 4.61. The van der Waals surface area contributed by atoms with Gasteiger partial charge in [0.2, 0.25) is 0 Å². The Balaban J connectivity index is 1.55. The zero-order valence-electron chi connectivity index (χ0n) is 11.0. The van der Waals surface area contributed by atoms with Crippen LogP contribution < -0.4 is 10.2 Å². The van der Waals surface area contributed by atoms with Gasteiger partial charge in [0, 0.05) is 36.8 Å². The SMILES string of the molecule is c1nc(N2CCCCCCC2)sc1CNC1CC1. The predicted octanol–water partition coefficient (Wildman–Crippen LogP) is 3.17. The van der Waals surface area contributed by atoms with Gasteiger partial charge in [-0.15, -0.1) is 11.3 Å². The van der Waals surface area contributed by atoms with Crippen LogP contribution in [-0.2, 0) is 6.54 Å². The molecular weight excluding hydrogens is 242 g/mol. The van der Waals surface area contributed by atoms with E-state index in [4.69, 9.17) is 0 Å².